The molecule has 2 aromatic heterocycles. The van der Waals surface area contributed by atoms with Crippen molar-refractivity contribution in [3.05, 3.63) is 84.6 Å². The van der Waals surface area contributed by atoms with Crippen LogP contribution in [0.15, 0.2) is 52.2 Å². The number of aryl methyl sites for hydroxylation is 3. The van der Waals surface area contributed by atoms with E-state index in [0.29, 0.717) is 32.2 Å². The van der Waals surface area contributed by atoms with E-state index in [2.05, 4.69) is 6.07 Å². The van der Waals surface area contributed by atoms with Gasteiger partial charge < -0.3 is 4.57 Å². The van der Waals surface area contributed by atoms with Crippen LogP contribution in [0, 0.1) is 13.8 Å². The first kappa shape index (κ1) is 19.6. The van der Waals surface area contributed by atoms with Crippen molar-refractivity contribution in [3.8, 4) is 16.9 Å². The minimum absolute atomic E-state index is 0.368. The second-order valence-electron chi connectivity index (χ2n) is 7.23. The van der Waals surface area contributed by atoms with Gasteiger partial charge in [0.2, 0.25) is 0 Å². The smallest absolute Gasteiger partial charge is 0.313 e. The maximum atomic E-state index is 13.1. The Bertz CT molecular complexity index is 1410. The molecule has 0 fully saturated rings. The van der Waals surface area contributed by atoms with Crippen LogP contribution in [0.5, 0.6) is 0 Å². The normalized spacial score (nSPS) is 11.4. The highest BCUT2D eigenvalue weighted by Crippen LogP contribution is 2.37. The molecule has 0 aliphatic rings. The quantitative estimate of drug-likeness (QED) is 0.468. The van der Waals surface area contributed by atoms with Gasteiger partial charge in [0, 0.05) is 36.6 Å². The molecule has 0 saturated carbocycles. The van der Waals surface area contributed by atoms with Crippen molar-refractivity contribution in [2.24, 2.45) is 14.1 Å². The van der Waals surface area contributed by atoms with E-state index < -0.39 is 0 Å². The van der Waals surface area contributed by atoms with E-state index in [9.17, 15) is 9.59 Å². The highest BCUT2D eigenvalue weighted by molar-refractivity contribution is 6.36. The number of rotatable bonds is 2. The van der Waals surface area contributed by atoms with Gasteiger partial charge >= 0.3 is 5.69 Å². The van der Waals surface area contributed by atoms with Gasteiger partial charge in [-0.2, -0.15) is 0 Å². The van der Waals surface area contributed by atoms with Crippen LogP contribution in [0.25, 0.3) is 27.8 Å². The van der Waals surface area contributed by atoms with Crippen LogP contribution in [0.4, 0.5) is 0 Å². The number of benzene rings is 2. The summed E-state index contributed by atoms with van der Waals surface area (Å²) in [6, 6.07) is 11.3. The Labute approximate surface area is 177 Å². The SMILES string of the molecule is Cc1ccc(-n2cc3c(c2-c2ccc(Cl)cc2Cl)c(=O)n(C)c(=O)n3C)c(C)c1. The summed E-state index contributed by atoms with van der Waals surface area (Å²) in [5.41, 5.74) is 4.17. The molecule has 148 valence electrons. The van der Waals surface area contributed by atoms with E-state index in [-0.39, 0.29) is 11.2 Å². The third-order valence-electron chi connectivity index (χ3n) is 5.24. The van der Waals surface area contributed by atoms with Crippen molar-refractivity contribution in [3.63, 3.8) is 0 Å². The van der Waals surface area contributed by atoms with E-state index in [1.54, 1.807) is 25.2 Å². The summed E-state index contributed by atoms with van der Waals surface area (Å²) in [5.74, 6) is 0. The molecule has 29 heavy (non-hydrogen) atoms. The van der Waals surface area contributed by atoms with Gasteiger partial charge in [0.1, 0.15) is 0 Å². The van der Waals surface area contributed by atoms with Gasteiger partial charge in [0.05, 0.1) is 21.6 Å². The van der Waals surface area contributed by atoms with Crippen molar-refractivity contribution in [1.82, 2.24) is 13.7 Å². The molecule has 0 aliphatic carbocycles. The highest BCUT2D eigenvalue weighted by Gasteiger charge is 2.22. The Hall–Kier alpha value is -2.76. The molecule has 0 aliphatic heterocycles. The molecule has 7 heteroatoms. The van der Waals surface area contributed by atoms with E-state index in [4.69, 9.17) is 23.2 Å². The first-order chi connectivity index (χ1) is 13.7. The monoisotopic (exact) mass is 427 g/mol. The third kappa shape index (κ3) is 3.02. The Balaban J connectivity index is 2.24. The molecule has 0 saturated heterocycles. The first-order valence-corrected chi connectivity index (χ1v) is 9.80. The molecule has 4 aromatic rings. The molecule has 4 rings (SSSR count). The zero-order valence-electron chi connectivity index (χ0n) is 16.5. The lowest BCUT2D eigenvalue weighted by atomic mass is 10.1. The molecule has 0 spiro atoms. The maximum Gasteiger partial charge on any atom is 0.330 e. The van der Waals surface area contributed by atoms with Crippen LogP contribution in [0.2, 0.25) is 10.0 Å². The predicted octanol–water partition coefficient (Wildman–Crippen LogP) is 4.62. The van der Waals surface area contributed by atoms with Crippen LogP contribution in [-0.4, -0.2) is 13.7 Å². The average molecular weight is 428 g/mol. The summed E-state index contributed by atoms with van der Waals surface area (Å²) in [7, 11) is 3.13. The zero-order valence-corrected chi connectivity index (χ0v) is 18.0. The second kappa shape index (κ2) is 6.94. The lowest BCUT2D eigenvalue weighted by Crippen LogP contribution is -2.36. The standard InChI is InChI=1S/C22H19Cl2N3O2/c1-12-5-8-17(13(2)9-12)27-11-18-19(21(28)26(4)22(29)25(18)3)20(27)15-7-6-14(23)10-16(15)24/h5-11H,1-4H3. The average Bonchev–Trinajstić information content (AvgIpc) is 3.05. The van der Waals surface area contributed by atoms with Gasteiger partial charge in [-0.05, 0) is 43.7 Å². The van der Waals surface area contributed by atoms with Gasteiger partial charge in [-0.25, -0.2) is 4.79 Å². The summed E-state index contributed by atoms with van der Waals surface area (Å²) in [4.78, 5) is 25.6. The molecule has 0 unspecified atom stereocenters. The summed E-state index contributed by atoms with van der Waals surface area (Å²) in [6.07, 6.45) is 1.82. The number of halogens is 2. The molecular weight excluding hydrogens is 409 g/mol. The summed E-state index contributed by atoms with van der Waals surface area (Å²) >= 11 is 12.6. The fourth-order valence-electron chi connectivity index (χ4n) is 3.75. The molecule has 0 amide bonds. The van der Waals surface area contributed by atoms with Crippen molar-refractivity contribution < 1.29 is 0 Å². The van der Waals surface area contributed by atoms with E-state index in [0.717, 1.165) is 21.4 Å². The first-order valence-electron chi connectivity index (χ1n) is 9.05. The van der Waals surface area contributed by atoms with Crippen molar-refractivity contribution >= 4 is 34.1 Å². The van der Waals surface area contributed by atoms with Crippen LogP contribution in [0.1, 0.15) is 11.1 Å². The zero-order chi connectivity index (χ0) is 21.0. The molecule has 0 bridgehead atoms. The third-order valence-corrected chi connectivity index (χ3v) is 5.78. The van der Waals surface area contributed by atoms with E-state index in [1.165, 1.54) is 11.6 Å². The minimum atomic E-state index is -0.381. The molecule has 2 aromatic carbocycles. The Kier molecular flexibility index (Phi) is 4.68. The molecule has 2 heterocycles. The summed E-state index contributed by atoms with van der Waals surface area (Å²) in [5, 5.41) is 1.37. The predicted molar refractivity (Wildman–Crippen MR) is 119 cm³/mol. The van der Waals surface area contributed by atoms with E-state index >= 15 is 0 Å². The van der Waals surface area contributed by atoms with Gasteiger partial charge in [0.25, 0.3) is 5.56 Å². The number of aromatic nitrogens is 3. The topological polar surface area (TPSA) is 48.9 Å². The Morgan fingerprint density at radius 2 is 1.62 bits per heavy atom. The fraction of sp³-hybridized carbons (Fsp3) is 0.182. The molecule has 5 nitrogen and oxygen atoms in total. The van der Waals surface area contributed by atoms with Crippen LogP contribution < -0.4 is 11.2 Å². The largest absolute Gasteiger partial charge is 0.330 e. The molecule has 0 atom stereocenters. The lowest BCUT2D eigenvalue weighted by Gasteiger charge is -2.14. The Morgan fingerprint density at radius 3 is 2.28 bits per heavy atom. The van der Waals surface area contributed by atoms with Gasteiger partial charge in [-0.15, -0.1) is 0 Å². The van der Waals surface area contributed by atoms with Gasteiger partial charge in [0.15, 0.2) is 0 Å². The van der Waals surface area contributed by atoms with E-state index in [1.807, 2.05) is 36.7 Å². The second-order valence-corrected chi connectivity index (χ2v) is 8.07. The van der Waals surface area contributed by atoms with Gasteiger partial charge in [-0.1, -0.05) is 40.9 Å². The van der Waals surface area contributed by atoms with Crippen molar-refractivity contribution in [1.29, 1.82) is 0 Å². The minimum Gasteiger partial charge on any atom is -0.313 e. The summed E-state index contributed by atoms with van der Waals surface area (Å²) < 4.78 is 4.52. The number of fused-ring (bicyclic) bond motifs is 1. The number of hydrogen-bond donors (Lipinski definition) is 0. The molecule has 0 N–H and O–H groups in total. The van der Waals surface area contributed by atoms with Crippen LogP contribution in [0.3, 0.4) is 0 Å². The highest BCUT2D eigenvalue weighted by atomic mass is 35.5. The van der Waals surface area contributed by atoms with Crippen molar-refractivity contribution in [2.45, 2.75) is 13.8 Å². The number of hydrogen-bond acceptors (Lipinski definition) is 2. The lowest BCUT2D eigenvalue weighted by molar-refractivity contribution is 0.714. The maximum absolute atomic E-state index is 13.1. The molecule has 0 radical (unpaired) electrons. The van der Waals surface area contributed by atoms with Crippen molar-refractivity contribution in [2.75, 3.05) is 0 Å². The molecular formula is C22H19Cl2N3O2. The fourth-order valence-corrected chi connectivity index (χ4v) is 4.25. The van der Waals surface area contributed by atoms with Crippen LogP contribution >= 0.6 is 23.2 Å². The number of nitrogens with zero attached hydrogens (tertiary/aromatic N) is 3. The van der Waals surface area contributed by atoms with Crippen LogP contribution in [-0.2, 0) is 14.1 Å². The van der Waals surface area contributed by atoms with Gasteiger partial charge in [-0.3, -0.25) is 13.9 Å². The Morgan fingerprint density at radius 1 is 0.897 bits per heavy atom. The summed E-state index contributed by atoms with van der Waals surface area (Å²) in [6.45, 7) is 4.04.